The first-order chi connectivity index (χ1) is 19.5. The van der Waals surface area contributed by atoms with Crippen molar-refractivity contribution in [1.29, 1.82) is 0 Å². The summed E-state index contributed by atoms with van der Waals surface area (Å²) >= 11 is 1.49. The number of carbonyl (C=O) groups excluding carboxylic acids is 3. The van der Waals surface area contributed by atoms with Crippen LogP contribution in [0.5, 0.6) is 5.75 Å². The third-order valence-electron chi connectivity index (χ3n) is 6.16. The highest BCUT2D eigenvalue weighted by Gasteiger charge is 2.31. The first kappa shape index (κ1) is 33.1. The summed E-state index contributed by atoms with van der Waals surface area (Å²) in [5.41, 5.74) is 7.12. The molecule has 0 bridgehead atoms. The number of carboxylic acid groups (broad SMARTS) is 2. The maximum Gasteiger partial charge on any atom is 0.326 e. The van der Waals surface area contributed by atoms with E-state index in [0.29, 0.717) is 23.3 Å². The molecule has 0 aliphatic carbocycles. The molecule has 0 fully saturated rings. The molecule has 0 aliphatic heterocycles. The second kappa shape index (κ2) is 16.9. The first-order valence-corrected chi connectivity index (χ1v) is 14.3. The van der Waals surface area contributed by atoms with Crippen LogP contribution in [-0.2, 0) is 36.8 Å². The van der Waals surface area contributed by atoms with E-state index in [0.717, 1.165) is 0 Å². The zero-order valence-corrected chi connectivity index (χ0v) is 23.4. The molecular weight excluding hydrogens is 552 g/mol. The largest absolute Gasteiger partial charge is 0.508 e. The molecule has 0 saturated heterocycles. The van der Waals surface area contributed by atoms with E-state index in [1.807, 2.05) is 6.26 Å². The summed E-state index contributed by atoms with van der Waals surface area (Å²) in [5, 5.41) is 36.0. The Hall–Kier alpha value is -4.10. The van der Waals surface area contributed by atoms with Crippen LogP contribution in [0.4, 0.5) is 0 Å². The van der Waals surface area contributed by atoms with Gasteiger partial charge in [0.05, 0.1) is 6.04 Å². The molecule has 222 valence electrons. The van der Waals surface area contributed by atoms with E-state index < -0.39 is 60.2 Å². The van der Waals surface area contributed by atoms with E-state index >= 15 is 0 Å². The van der Waals surface area contributed by atoms with Gasteiger partial charge in [0, 0.05) is 19.3 Å². The molecule has 0 aromatic heterocycles. The number of nitrogens with two attached hydrogens (primary N) is 1. The Bertz CT molecular complexity index is 1180. The highest BCUT2D eigenvalue weighted by atomic mass is 32.2. The van der Waals surface area contributed by atoms with Crippen LogP contribution in [-0.4, -0.2) is 81.2 Å². The molecule has 0 radical (unpaired) electrons. The van der Waals surface area contributed by atoms with E-state index in [-0.39, 0.29) is 25.0 Å². The summed E-state index contributed by atoms with van der Waals surface area (Å²) in [4.78, 5) is 62.4. The minimum absolute atomic E-state index is 0.00693. The van der Waals surface area contributed by atoms with E-state index in [1.165, 1.54) is 36.0 Å². The number of hydrogen-bond donors (Lipinski definition) is 7. The van der Waals surface area contributed by atoms with Crippen LogP contribution in [0.1, 0.15) is 30.4 Å². The van der Waals surface area contributed by atoms with Crippen molar-refractivity contribution in [2.45, 2.75) is 56.3 Å². The molecular formula is C28H36N4O8S. The van der Waals surface area contributed by atoms with Gasteiger partial charge in [-0.2, -0.15) is 11.8 Å². The van der Waals surface area contributed by atoms with Crippen LogP contribution in [0.3, 0.4) is 0 Å². The topological polar surface area (TPSA) is 208 Å². The van der Waals surface area contributed by atoms with E-state index in [4.69, 9.17) is 10.8 Å². The highest BCUT2D eigenvalue weighted by molar-refractivity contribution is 7.98. The Morgan fingerprint density at radius 3 is 1.88 bits per heavy atom. The van der Waals surface area contributed by atoms with Crippen LogP contribution < -0.4 is 21.7 Å². The van der Waals surface area contributed by atoms with Gasteiger partial charge in [0.15, 0.2) is 0 Å². The average Bonchev–Trinajstić information content (AvgIpc) is 2.94. The van der Waals surface area contributed by atoms with Crippen LogP contribution in [0, 0.1) is 0 Å². The van der Waals surface area contributed by atoms with Gasteiger partial charge in [-0.15, -0.1) is 0 Å². The molecule has 4 unspecified atom stereocenters. The van der Waals surface area contributed by atoms with E-state index in [1.54, 1.807) is 30.3 Å². The maximum atomic E-state index is 13.4. The number of carbonyl (C=O) groups is 5. The number of aliphatic carboxylic acids is 2. The monoisotopic (exact) mass is 588 g/mol. The third kappa shape index (κ3) is 11.9. The van der Waals surface area contributed by atoms with Gasteiger partial charge in [0.1, 0.15) is 23.9 Å². The van der Waals surface area contributed by atoms with Gasteiger partial charge in [-0.3, -0.25) is 19.2 Å². The number of phenolic OH excluding ortho intramolecular Hbond substituents is 1. The quantitative estimate of drug-likeness (QED) is 0.137. The minimum Gasteiger partial charge on any atom is -0.508 e. The number of carboxylic acids is 2. The molecule has 4 atom stereocenters. The maximum absolute atomic E-state index is 13.4. The highest BCUT2D eigenvalue weighted by Crippen LogP contribution is 2.13. The first-order valence-electron chi connectivity index (χ1n) is 12.9. The number of rotatable bonds is 17. The molecule has 0 aliphatic rings. The lowest BCUT2D eigenvalue weighted by molar-refractivity contribution is -0.142. The van der Waals surface area contributed by atoms with Crippen LogP contribution in [0.15, 0.2) is 54.6 Å². The van der Waals surface area contributed by atoms with Crippen molar-refractivity contribution in [1.82, 2.24) is 16.0 Å². The van der Waals surface area contributed by atoms with Gasteiger partial charge >= 0.3 is 11.9 Å². The van der Waals surface area contributed by atoms with E-state index in [9.17, 15) is 34.2 Å². The molecule has 12 nitrogen and oxygen atoms in total. The Morgan fingerprint density at radius 2 is 1.29 bits per heavy atom. The normalized spacial score (nSPS) is 13.7. The predicted molar refractivity (Wildman–Crippen MR) is 153 cm³/mol. The number of aromatic hydroxyl groups is 1. The SMILES string of the molecule is CSCCC(N)C(=O)NC(CCC(=O)O)C(=O)NC(Cc1ccc(O)cc1)C(=O)NC(Cc1ccccc1)C(=O)O. The summed E-state index contributed by atoms with van der Waals surface area (Å²) in [6.07, 6.45) is 1.40. The van der Waals surface area contributed by atoms with Crippen LogP contribution in [0.2, 0.25) is 0 Å². The number of benzene rings is 2. The molecule has 13 heteroatoms. The second-order valence-electron chi connectivity index (χ2n) is 9.40. The summed E-state index contributed by atoms with van der Waals surface area (Å²) < 4.78 is 0. The van der Waals surface area contributed by atoms with Gasteiger partial charge in [-0.1, -0.05) is 42.5 Å². The van der Waals surface area contributed by atoms with Crippen molar-refractivity contribution in [3.05, 3.63) is 65.7 Å². The van der Waals surface area contributed by atoms with Crippen molar-refractivity contribution >= 4 is 41.4 Å². The molecule has 2 aromatic rings. The lowest BCUT2D eigenvalue weighted by atomic mass is 10.0. The van der Waals surface area contributed by atoms with Crippen LogP contribution >= 0.6 is 11.8 Å². The Kier molecular flexibility index (Phi) is 13.6. The summed E-state index contributed by atoms with van der Waals surface area (Å²) in [7, 11) is 0. The number of nitrogens with one attached hydrogen (secondary N) is 3. The molecule has 3 amide bonds. The van der Waals surface area contributed by atoms with Gasteiger partial charge in [0.25, 0.3) is 0 Å². The summed E-state index contributed by atoms with van der Waals surface area (Å²) in [5.74, 6) is -4.14. The predicted octanol–water partition coefficient (Wildman–Crippen LogP) is 0.662. The summed E-state index contributed by atoms with van der Waals surface area (Å²) in [6.45, 7) is 0. The molecule has 0 heterocycles. The molecule has 0 spiro atoms. The van der Waals surface area contributed by atoms with Gasteiger partial charge in [0.2, 0.25) is 17.7 Å². The van der Waals surface area contributed by atoms with E-state index in [2.05, 4.69) is 16.0 Å². The fourth-order valence-corrected chi connectivity index (χ4v) is 4.35. The van der Waals surface area contributed by atoms with Gasteiger partial charge in [-0.05, 0) is 48.1 Å². The number of thioether (sulfide) groups is 1. The molecule has 41 heavy (non-hydrogen) atoms. The molecule has 2 rings (SSSR count). The summed E-state index contributed by atoms with van der Waals surface area (Å²) in [6, 6.07) is 9.72. The number of amides is 3. The minimum atomic E-state index is -1.31. The fourth-order valence-electron chi connectivity index (χ4n) is 3.86. The number of hydrogen-bond acceptors (Lipinski definition) is 8. The Morgan fingerprint density at radius 1 is 0.756 bits per heavy atom. The van der Waals surface area contributed by atoms with Crippen LogP contribution in [0.25, 0.3) is 0 Å². The second-order valence-corrected chi connectivity index (χ2v) is 10.4. The fraction of sp³-hybridized carbons (Fsp3) is 0.393. The molecule has 0 saturated carbocycles. The standard InChI is InChI=1S/C28H36N4O8S/c1-41-14-13-20(29)25(36)30-21(11-12-24(34)35)26(37)31-22(15-18-7-9-19(33)10-8-18)27(38)32-23(28(39)40)16-17-5-3-2-4-6-17/h2-10,20-23,33H,11-16,29H2,1H3,(H,30,36)(H,31,37)(H,32,38)(H,34,35)(H,39,40). The van der Waals surface area contributed by atoms with Crippen molar-refractivity contribution in [3.63, 3.8) is 0 Å². The van der Waals surface area contributed by atoms with Crippen molar-refractivity contribution in [2.75, 3.05) is 12.0 Å². The lowest BCUT2D eigenvalue weighted by Gasteiger charge is -2.25. The van der Waals surface area contributed by atoms with Crippen molar-refractivity contribution < 1.29 is 39.3 Å². The zero-order chi connectivity index (χ0) is 30.4. The number of phenols is 1. The van der Waals surface area contributed by atoms with Crippen molar-refractivity contribution in [2.24, 2.45) is 5.73 Å². The molecule has 2 aromatic carbocycles. The Labute approximate surface area is 242 Å². The van der Waals surface area contributed by atoms with Gasteiger partial charge in [-0.25, -0.2) is 4.79 Å². The molecule has 8 N–H and O–H groups in total. The average molecular weight is 589 g/mol. The smallest absolute Gasteiger partial charge is 0.326 e. The third-order valence-corrected chi connectivity index (χ3v) is 6.80. The Balaban J connectivity index is 2.27. The lowest BCUT2D eigenvalue weighted by Crippen LogP contribution is -2.58. The zero-order valence-electron chi connectivity index (χ0n) is 22.6. The van der Waals surface area contributed by atoms with Gasteiger partial charge < -0.3 is 37.0 Å². The van der Waals surface area contributed by atoms with Crippen molar-refractivity contribution in [3.8, 4) is 5.75 Å².